The van der Waals surface area contributed by atoms with Crippen LogP contribution in [0.25, 0.3) is 11.0 Å². The van der Waals surface area contributed by atoms with Crippen LogP contribution in [-0.4, -0.2) is 14.5 Å². The van der Waals surface area contributed by atoms with Crippen molar-refractivity contribution in [1.29, 1.82) is 0 Å². The van der Waals surface area contributed by atoms with E-state index in [1.807, 2.05) is 36.7 Å². The molecule has 0 radical (unpaired) electrons. The number of halogens is 2. The number of aryl methyl sites for hydroxylation is 1. The van der Waals surface area contributed by atoms with Gasteiger partial charge in [-0.2, -0.15) is 0 Å². The van der Waals surface area contributed by atoms with Crippen molar-refractivity contribution in [3.63, 3.8) is 0 Å². The van der Waals surface area contributed by atoms with Crippen molar-refractivity contribution in [1.82, 2.24) is 14.5 Å². The summed E-state index contributed by atoms with van der Waals surface area (Å²) in [4.78, 5) is 8.63. The van der Waals surface area contributed by atoms with Crippen molar-refractivity contribution in [3.8, 4) is 0 Å². The first kappa shape index (κ1) is 14.2. The Morgan fingerprint density at radius 3 is 2.76 bits per heavy atom. The molecule has 0 saturated heterocycles. The highest BCUT2D eigenvalue weighted by molar-refractivity contribution is 6.35. The minimum absolute atomic E-state index is 0.0123. The summed E-state index contributed by atoms with van der Waals surface area (Å²) in [6.45, 7) is 2.03. The van der Waals surface area contributed by atoms with Gasteiger partial charge in [-0.1, -0.05) is 29.3 Å². The Kier molecular flexibility index (Phi) is 3.74. The van der Waals surface area contributed by atoms with Crippen LogP contribution in [0.3, 0.4) is 0 Å². The molecule has 0 bridgehead atoms. The van der Waals surface area contributed by atoms with Crippen LogP contribution in [0.5, 0.6) is 0 Å². The van der Waals surface area contributed by atoms with Gasteiger partial charge in [-0.25, -0.2) is 4.98 Å². The Morgan fingerprint density at radius 2 is 2.05 bits per heavy atom. The summed E-state index contributed by atoms with van der Waals surface area (Å²) >= 11 is 12.2. The molecule has 0 aliphatic carbocycles. The number of pyridine rings is 1. The number of aromatic nitrogens is 3. The molecule has 3 rings (SSSR count). The fourth-order valence-corrected chi connectivity index (χ4v) is 2.88. The molecule has 3 aromatic rings. The molecule has 1 unspecified atom stereocenters. The van der Waals surface area contributed by atoms with Crippen molar-refractivity contribution >= 4 is 40.2 Å². The zero-order valence-corrected chi connectivity index (χ0v) is 13.2. The standard InChI is InChI=1S/C15H14Cl2N4/c1-9(11-4-3-10(16)7-12(11)17)19-15-20-13-8-18-6-5-14(13)21(15)2/h3-9H,1-2H3,(H,19,20). The number of fused-ring (bicyclic) bond motifs is 1. The van der Waals surface area contributed by atoms with E-state index in [1.54, 1.807) is 18.5 Å². The lowest BCUT2D eigenvalue weighted by atomic mass is 10.1. The second kappa shape index (κ2) is 5.54. The molecule has 2 aromatic heterocycles. The average Bonchev–Trinajstić information content (AvgIpc) is 2.76. The third-order valence-corrected chi connectivity index (χ3v) is 4.02. The second-order valence-electron chi connectivity index (χ2n) is 4.89. The smallest absolute Gasteiger partial charge is 0.204 e. The van der Waals surface area contributed by atoms with Gasteiger partial charge in [0.15, 0.2) is 0 Å². The fourth-order valence-electron chi connectivity index (χ4n) is 2.30. The molecule has 108 valence electrons. The molecule has 21 heavy (non-hydrogen) atoms. The summed E-state index contributed by atoms with van der Waals surface area (Å²) < 4.78 is 2.00. The first-order valence-electron chi connectivity index (χ1n) is 6.54. The number of nitrogens with one attached hydrogen (secondary N) is 1. The molecule has 6 heteroatoms. The van der Waals surface area contributed by atoms with Gasteiger partial charge in [-0.3, -0.25) is 4.98 Å². The van der Waals surface area contributed by atoms with Crippen LogP contribution in [-0.2, 0) is 7.05 Å². The number of benzene rings is 1. The van der Waals surface area contributed by atoms with Crippen LogP contribution < -0.4 is 5.32 Å². The normalized spacial score (nSPS) is 12.6. The molecule has 2 heterocycles. The number of hydrogen-bond acceptors (Lipinski definition) is 3. The predicted molar refractivity (Wildman–Crippen MR) is 87.0 cm³/mol. The van der Waals surface area contributed by atoms with E-state index in [4.69, 9.17) is 23.2 Å². The van der Waals surface area contributed by atoms with Gasteiger partial charge in [-0.05, 0) is 30.7 Å². The first-order chi connectivity index (χ1) is 10.1. The van der Waals surface area contributed by atoms with Crippen LogP contribution in [0.4, 0.5) is 5.95 Å². The summed E-state index contributed by atoms with van der Waals surface area (Å²) in [5, 5.41) is 4.64. The van der Waals surface area contributed by atoms with E-state index in [-0.39, 0.29) is 6.04 Å². The summed E-state index contributed by atoms with van der Waals surface area (Å²) in [5.74, 6) is 0.775. The summed E-state index contributed by atoms with van der Waals surface area (Å²) in [7, 11) is 1.97. The maximum atomic E-state index is 6.25. The maximum Gasteiger partial charge on any atom is 0.204 e. The Bertz CT molecular complexity index is 797. The highest BCUT2D eigenvalue weighted by atomic mass is 35.5. The van der Waals surface area contributed by atoms with Crippen LogP contribution >= 0.6 is 23.2 Å². The summed E-state index contributed by atoms with van der Waals surface area (Å²) in [6.07, 6.45) is 3.51. The lowest BCUT2D eigenvalue weighted by Gasteiger charge is -2.16. The van der Waals surface area contributed by atoms with E-state index < -0.39 is 0 Å². The Labute approximate surface area is 132 Å². The van der Waals surface area contributed by atoms with Crippen molar-refractivity contribution < 1.29 is 0 Å². The van der Waals surface area contributed by atoms with Crippen LogP contribution in [0.15, 0.2) is 36.7 Å². The summed E-state index contributed by atoms with van der Waals surface area (Å²) in [5.41, 5.74) is 2.87. The largest absolute Gasteiger partial charge is 0.349 e. The van der Waals surface area contributed by atoms with E-state index >= 15 is 0 Å². The molecule has 1 atom stereocenters. The Balaban J connectivity index is 1.92. The number of rotatable bonds is 3. The summed E-state index contributed by atoms with van der Waals surface area (Å²) in [6, 6.07) is 7.45. The average molecular weight is 321 g/mol. The van der Waals surface area contributed by atoms with E-state index in [1.165, 1.54) is 0 Å². The van der Waals surface area contributed by atoms with Crippen LogP contribution in [0.1, 0.15) is 18.5 Å². The lowest BCUT2D eigenvalue weighted by Crippen LogP contribution is -2.10. The third-order valence-electron chi connectivity index (χ3n) is 3.46. The molecule has 4 nitrogen and oxygen atoms in total. The Hall–Kier alpha value is -1.78. The number of imidazole rings is 1. The molecule has 0 aliphatic rings. The molecule has 1 N–H and O–H groups in total. The van der Waals surface area contributed by atoms with Gasteiger partial charge in [0.2, 0.25) is 5.95 Å². The molecular weight excluding hydrogens is 307 g/mol. The van der Waals surface area contributed by atoms with Gasteiger partial charge >= 0.3 is 0 Å². The molecule has 0 aliphatic heterocycles. The molecule has 0 amide bonds. The topological polar surface area (TPSA) is 42.7 Å². The molecule has 0 spiro atoms. The minimum Gasteiger partial charge on any atom is -0.349 e. The highest BCUT2D eigenvalue weighted by Crippen LogP contribution is 2.29. The van der Waals surface area contributed by atoms with E-state index in [0.29, 0.717) is 10.0 Å². The molecule has 0 saturated carbocycles. The van der Waals surface area contributed by atoms with Gasteiger partial charge in [0.25, 0.3) is 0 Å². The number of nitrogens with zero attached hydrogens (tertiary/aromatic N) is 3. The highest BCUT2D eigenvalue weighted by Gasteiger charge is 2.14. The van der Waals surface area contributed by atoms with E-state index in [9.17, 15) is 0 Å². The Morgan fingerprint density at radius 1 is 1.24 bits per heavy atom. The number of hydrogen-bond donors (Lipinski definition) is 1. The quantitative estimate of drug-likeness (QED) is 0.775. The molecular formula is C15H14Cl2N4. The maximum absolute atomic E-state index is 6.25. The van der Waals surface area contributed by atoms with E-state index in [0.717, 1.165) is 22.5 Å². The predicted octanol–water partition coefficient (Wildman–Crippen LogP) is 4.45. The first-order valence-corrected chi connectivity index (χ1v) is 7.30. The SMILES string of the molecule is CC(Nc1nc2cnccc2n1C)c1ccc(Cl)cc1Cl. The third kappa shape index (κ3) is 2.69. The van der Waals surface area contributed by atoms with Crippen molar-refractivity contribution in [2.75, 3.05) is 5.32 Å². The van der Waals surface area contributed by atoms with Gasteiger partial charge in [-0.15, -0.1) is 0 Å². The van der Waals surface area contributed by atoms with Crippen molar-refractivity contribution in [2.24, 2.45) is 7.05 Å². The van der Waals surface area contributed by atoms with Crippen molar-refractivity contribution in [3.05, 3.63) is 52.3 Å². The van der Waals surface area contributed by atoms with Crippen molar-refractivity contribution in [2.45, 2.75) is 13.0 Å². The second-order valence-corrected chi connectivity index (χ2v) is 5.73. The monoisotopic (exact) mass is 320 g/mol. The molecule has 1 aromatic carbocycles. The minimum atomic E-state index is 0.0123. The zero-order valence-electron chi connectivity index (χ0n) is 11.6. The number of anilines is 1. The van der Waals surface area contributed by atoms with E-state index in [2.05, 4.69) is 15.3 Å². The van der Waals surface area contributed by atoms with Gasteiger partial charge in [0, 0.05) is 23.3 Å². The van der Waals surface area contributed by atoms with Crippen LogP contribution in [0.2, 0.25) is 10.0 Å². The lowest BCUT2D eigenvalue weighted by molar-refractivity contribution is 0.832. The van der Waals surface area contributed by atoms with Gasteiger partial charge in [0.1, 0.15) is 5.52 Å². The van der Waals surface area contributed by atoms with Crippen LogP contribution in [0, 0.1) is 0 Å². The van der Waals surface area contributed by atoms with Gasteiger partial charge < -0.3 is 9.88 Å². The zero-order chi connectivity index (χ0) is 15.0. The van der Waals surface area contributed by atoms with Gasteiger partial charge in [0.05, 0.1) is 17.8 Å². The molecule has 0 fully saturated rings. The fraction of sp³-hybridized carbons (Fsp3) is 0.200.